The van der Waals surface area contributed by atoms with Gasteiger partial charge >= 0.3 is 0 Å². The van der Waals surface area contributed by atoms with Crippen molar-refractivity contribution in [3.63, 3.8) is 0 Å². The molecule has 21 heavy (non-hydrogen) atoms. The number of rotatable bonds is 2. The van der Waals surface area contributed by atoms with E-state index in [2.05, 4.69) is 25.7 Å². The van der Waals surface area contributed by atoms with Gasteiger partial charge in [-0.3, -0.25) is 4.90 Å². The van der Waals surface area contributed by atoms with Gasteiger partial charge in [-0.2, -0.15) is 0 Å². The van der Waals surface area contributed by atoms with Crippen LogP contribution in [0, 0.1) is 11.3 Å². The largest absolute Gasteiger partial charge is 0.329 e. The van der Waals surface area contributed by atoms with Crippen LogP contribution < -0.4 is 5.73 Å². The van der Waals surface area contributed by atoms with Crippen molar-refractivity contribution in [3.05, 3.63) is 0 Å². The standard InChI is InChI=1S/C19H38N2/c1-18(2,3)17-10-9-14-21(15-11-17)19(16-20)12-7-5-4-6-8-13-19/h17H,4-16,20H2,1-3H3. The van der Waals surface area contributed by atoms with Crippen LogP contribution in [0.4, 0.5) is 0 Å². The smallest absolute Gasteiger partial charge is 0.0331 e. The monoisotopic (exact) mass is 294 g/mol. The van der Waals surface area contributed by atoms with Crippen molar-refractivity contribution in [2.24, 2.45) is 17.1 Å². The minimum absolute atomic E-state index is 0.327. The lowest BCUT2D eigenvalue weighted by Crippen LogP contribution is -2.54. The summed E-state index contributed by atoms with van der Waals surface area (Å²) in [7, 11) is 0. The molecule has 1 heterocycles. The Bertz CT molecular complexity index is 297. The fraction of sp³-hybridized carbons (Fsp3) is 1.00. The molecule has 1 unspecified atom stereocenters. The van der Waals surface area contributed by atoms with E-state index in [1.165, 1.54) is 77.3 Å². The van der Waals surface area contributed by atoms with Crippen molar-refractivity contribution in [3.8, 4) is 0 Å². The minimum Gasteiger partial charge on any atom is -0.329 e. The molecule has 1 saturated carbocycles. The van der Waals surface area contributed by atoms with E-state index in [0.29, 0.717) is 11.0 Å². The molecule has 0 aromatic rings. The first-order valence-electron chi connectivity index (χ1n) is 9.43. The van der Waals surface area contributed by atoms with E-state index in [1.807, 2.05) is 0 Å². The lowest BCUT2D eigenvalue weighted by atomic mass is 9.76. The van der Waals surface area contributed by atoms with E-state index < -0.39 is 0 Å². The number of nitrogens with two attached hydrogens (primary N) is 1. The van der Waals surface area contributed by atoms with Gasteiger partial charge in [0.25, 0.3) is 0 Å². The second kappa shape index (κ2) is 7.46. The fourth-order valence-corrected chi connectivity index (χ4v) is 4.65. The van der Waals surface area contributed by atoms with Gasteiger partial charge in [-0.25, -0.2) is 0 Å². The lowest BCUT2D eigenvalue weighted by Gasteiger charge is -2.44. The van der Waals surface area contributed by atoms with Gasteiger partial charge in [-0.1, -0.05) is 52.9 Å². The second-order valence-corrected chi connectivity index (χ2v) is 8.68. The number of likely N-dealkylation sites (tertiary alicyclic amines) is 1. The van der Waals surface area contributed by atoms with Crippen LogP contribution in [0.3, 0.4) is 0 Å². The molecule has 0 aromatic carbocycles. The highest BCUT2D eigenvalue weighted by molar-refractivity contribution is 4.94. The van der Waals surface area contributed by atoms with Crippen LogP contribution in [-0.4, -0.2) is 30.1 Å². The van der Waals surface area contributed by atoms with Gasteiger partial charge in [0.1, 0.15) is 0 Å². The maximum Gasteiger partial charge on any atom is 0.0331 e. The Morgan fingerprint density at radius 2 is 1.52 bits per heavy atom. The zero-order chi connectivity index (χ0) is 15.3. The molecule has 2 N–H and O–H groups in total. The van der Waals surface area contributed by atoms with E-state index in [9.17, 15) is 0 Å². The van der Waals surface area contributed by atoms with E-state index in [4.69, 9.17) is 5.73 Å². The molecule has 0 spiro atoms. The van der Waals surface area contributed by atoms with Crippen LogP contribution >= 0.6 is 0 Å². The Labute approximate surface area is 132 Å². The number of nitrogens with zero attached hydrogens (tertiary/aromatic N) is 1. The van der Waals surface area contributed by atoms with Gasteiger partial charge in [-0.05, 0) is 56.5 Å². The molecule has 2 nitrogen and oxygen atoms in total. The minimum atomic E-state index is 0.327. The van der Waals surface area contributed by atoms with Crippen molar-refractivity contribution in [2.75, 3.05) is 19.6 Å². The van der Waals surface area contributed by atoms with Crippen molar-refractivity contribution in [1.29, 1.82) is 0 Å². The van der Waals surface area contributed by atoms with Crippen LogP contribution in [0.15, 0.2) is 0 Å². The summed E-state index contributed by atoms with van der Waals surface area (Å²) in [5.41, 5.74) is 7.11. The number of hydrogen-bond acceptors (Lipinski definition) is 2. The van der Waals surface area contributed by atoms with Gasteiger partial charge in [0.05, 0.1) is 0 Å². The number of hydrogen-bond donors (Lipinski definition) is 1. The Kier molecular flexibility index (Phi) is 6.14. The summed E-state index contributed by atoms with van der Waals surface area (Å²) in [6.45, 7) is 10.7. The fourth-order valence-electron chi connectivity index (χ4n) is 4.65. The average molecular weight is 295 g/mol. The topological polar surface area (TPSA) is 29.3 Å². The summed E-state index contributed by atoms with van der Waals surface area (Å²) in [6.07, 6.45) is 13.9. The van der Waals surface area contributed by atoms with Crippen LogP contribution in [0.1, 0.15) is 85.0 Å². The average Bonchev–Trinajstić information content (AvgIpc) is 2.65. The van der Waals surface area contributed by atoms with E-state index in [0.717, 1.165) is 12.5 Å². The van der Waals surface area contributed by atoms with Crippen LogP contribution in [0.25, 0.3) is 0 Å². The van der Waals surface area contributed by atoms with E-state index >= 15 is 0 Å². The predicted octanol–water partition coefficient (Wildman–Crippen LogP) is 4.58. The van der Waals surface area contributed by atoms with Crippen molar-refractivity contribution in [1.82, 2.24) is 4.90 Å². The summed E-state index contributed by atoms with van der Waals surface area (Å²) in [6, 6.07) is 0. The van der Waals surface area contributed by atoms with Crippen molar-refractivity contribution in [2.45, 2.75) is 90.5 Å². The molecule has 2 rings (SSSR count). The van der Waals surface area contributed by atoms with Gasteiger partial charge in [-0.15, -0.1) is 0 Å². The zero-order valence-corrected chi connectivity index (χ0v) is 14.8. The third kappa shape index (κ3) is 4.45. The molecule has 1 saturated heterocycles. The predicted molar refractivity (Wildman–Crippen MR) is 92.5 cm³/mol. The first kappa shape index (κ1) is 17.3. The highest BCUT2D eigenvalue weighted by Crippen LogP contribution is 2.38. The Morgan fingerprint density at radius 1 is 0.905 bits per heavy atom. The molecular formula is C19H38N2. The maximum atomic E-state index is 6.32. The summed E-state index contributed by atoms with van der Waals surface area (Å²) in [5.74, 6) is 0.880. The van der Waals surface area contributed by atoms with Crippen LogP contribution in [0.2, 0.25) is 0 Å². The zero-order valence-electron chi connectivity index (χ0n) is 14.8. The van der Waals surface area contributed by atoms with Crippen LogP contribution in [0.5, 0.6) is 0 Å². The van der Waals surface area contributed by atoms with Crippen molar-refractivity contribution < 1.29 is 0 Å². The lowest BCUT2D eigenvalue weighted by molar-refractivity contribution is 0.0666. The first-order chi connectivity index (χ1) is 9.98. The van der Waals surface area contributed by atoms with Gasteiger partial charge in [0.15, 0.2) is 0 Å². The van der Waals surface area contributed by atoms with Crippen molar-refractivity contribution >= 4 is 0 Å². The molecule has 0 aromatic heterocycles. The molecular weight excluding hydrogens is 256 g/mol. The normalized spacial score (nSPS) is 29.4. The molecule has 2 heteroatoms. The summed E-state index contributed by atoms with van der Waals surface area (Å²) in [4.78, 5) is 2.81. The van der Waals surface area contributed by atoms with Gasteiger partial charge in [0.2, 0.25) is 0 Å². The molecule has 1 aliphatic carbocycles. The van der Waals surface area contributed by atoms with Crippen LogP contribution in [-0.2, 0) is 0 Å². The molecule has 2 fully saturated rings. The molecule has 2 aliphatic rings. The van der Waals surface area contributed by atoms with Gasteiger partial charge < -0.3 is 5.73 Å². The Hall–Kier alpha value is -0.0800. The molecule has 124 valence electrons. The second-order valence-electron chi connectivity index (χ2n) is 8.68. The first-order valence-corrected chi connectivity index (χ1v) is 9.43. The highest BCUT2D eigenvalue weighted by Gasteiger charge is 2.37. The molecule has 1 atom stereocenters. The quantitative estimate of drug-likeness (QED) is 0.808. The van der Waals surface area contributed by atoms with Gasteiger partial charge in [0, 0.05) is 12.1 Å². The van der Waals surface area contributed by atoms with E-state index in [1.54, 1.807) is 0 Å². The Balaban J connectivity index is 2.03. The third-order valence-electron chi connectivity index (χ3n) is 6.29. The molecule has 0 bridgehead atoms. The molecule has 0 amide bonds. The van der Waals surface area contributed by atoms with E-state index in [-0.39, 0.29) is 0 Å². The molecule has 0 radical (unpaired) electrons. The maximum absolute atomic E-state index is 6.32. The SMILES string of the molecule is CC(C)(C)C1CCCN(C2(CN)CCCCCCC2)CC1. The summed E-state index contributed by atoms with van der Waals surface area (Å²) >= 11 is 0. The molecule has 1 aliphatic heterocycles. The Morgan fingerprint density at radius 3 is 2.10 bits per heavy atom. The third-order valence-corrected chi connectivity index (χ3v) is 6.29. The summed E-state index contributed by atoms with van der Waals surface area (Å²) < 4.78 is 0. The summed E-state index contributed by atoms with van der Waals surface area (Å²) in [5, 5.41) is 0. The highest BCUT2D eigenvalue weighted by atomic mass is 15.2.